The van der Waals surface area contributed by atoms with Crippen LogP contribution in [0.1, 0.15) is 18.4 Å². The monoisotopic (exact) mass is 233 g/mol. The highest BCUT2D eigenvalue weighted by Gasteiger charge is 2.44. The fourth-order valence-corrected chi connectivity index (χ4v) is 2.08. The molecule has 76 valence electrons. The molecule has 0 radical (unpaired) electrons. The van der Waals surface area contributed by atoms with Crippen LogP contribution in [0, 0.1) is 0 Å². The Morgan fingerprint density at radius 2 is 1.93 bits per heavy atom. The van der Waals surface area contributed by atoms with Gasteiger partial charge in [-0.15, -0.1) is 0 Å². The second-order valence-electron chi connectivity index (χ2n) is 3.76. The van der Waals surface area contributed by atoms with Crippen molar-refractivity contribution in [2.24, 2.45) is 5.73 Å². The highest BCUT2D eigenvalue weighted by Crippen LogP contribution is 2.45. The number of hydrogen-bond acceptors (Lipinski definition) is 1. The fraction of sp³-hybridized carbons (Fsp3) is 0.400. The Bertz CT molecular complexity index is 361. The molecule has 1 aliphatic rings. The van der Waals surface area contributed by atoms with Crippen LogP contribution in [-0.2, 0) is 5.67 Å². The van der Waals surface area contributed by atoms with E-state index >= 15 is 0 Å². The van der Waals surface area contributed by atoms with Crippen LogP contribution in [0.2, 0.25) is 10.0 Å². The van der Waals surface area contributed by atoms with Gasteiger partial charge in [0.1, 0.15) is 5.67 Å². The van der Waals surface area contributed by atoms with Crippen molar-refractivity contribution in [3.63, 3.8) is 0 Å². The topological polar surface area (TPSA) is 26.0 Å². The molecule has 0 unspecified atom stereocenters. The zero-order chi connectivity index (χ0) is 10.3. The molecule has 1 saturated carbocycles. The summed E-state index contributed by atoms with van der Waals surface area (Å²) in [5.41, 5.74) is 4.84. The molecule has 2 rings (SSSR count). The molecule has 0 aromatic heterocycles. The molecule has 0 atom stereocenters. The van der Waals surface area contributed by atoms with Crippen LogP contribution in [0.3, 0.4) is 0 Å². The molecule has 0 saturated heterocycles. The molecule has 0 bridgehead atoms. The first-order valence-corrected chi connectivity index (χ1v) is 5.17. The van der Waals surface area contributed by atoms with Crippen molar-refractivity contribution in [1.29, 1.82) is 0 Å². The van der Waals surface area contributed by atoms with Crippen LogP contribution < -0.4 is 5.73 Å². The van der Waals surface area contributed by atoms with Crippen molar-refractivity contribution in [3.05, 3.63) is 33.8 Å². The number of rotatable bonds is 1. The lowest BCUT2D eigenvalue weighted by molar-refractivity contribution is 0.0406. The Labute approximate surface area is 92.0 Å². The predicted molar refractivity (Wildman–Crippen MR) is 56.5 cm³/mol. The summed E-state index contributed by atoms with van der Waals surface area (Å²) < 4.78 is 14.0. The molecule has 1 aromatic carbocycles. The third-order valence-electron chi connectivity index (χ3n) is 2.61. The summed E-state index contributed by atoms with van der Waals surface area (Å²) >= 11 is 11.5. The average molecular weight is 234 g/mol. The Morgan fingerprint density at radius 1 is 1.29 bits per heavy atom. The van der Waals surface area contributed by atoms with Crippen molar-refractivity contribution >= 4 is 23.2 Å². The van der Waals surface area contributed by atoms with Gasteiger partial charge < -0.3 is 5.73 Å². The first-order valence-electron chi connectivity index (χ1n) is 4.41. The van der Waals surface area contributed by atoms with Crippen molar-refractivity contribution in [1.82, 2.24) is 0 Å². The lowest BCUT2D eigenvalue weighted by Crippen LogP contribution is -2.46. The second-order valence-corrected chi connectivity index (χ2v) is 4.58. The van der Waals surface area contributed by atoms with Crippen LogP contribution in [0.5, 0.6) is 0 Å². The van der Waals surface area contributed by atoms with Crippen LogP contribution >= 0.6 is 23.2 Å². The molecular formula is C10H10Cl2FN. The standard InChI is InChI=1S/C10H10Cl2FN/c11-8-2-1-6(3-9(8)12)10(13)4-7(14)5-10/h1-3,7H,4-5,14H2. The number of benzene rings is 1. The van der Waals surface area contributed by atoms with E-state index in [-0.39, 0.29) is 6.04 Å². The number of halogens is 3. The van der Waals surface area contributed by atoms with E-state index in [0.717, 1.165) is 0 Å². The summed E-state index contributed by atoms with van der Waals surface area (Å²) in [6.07, 6.45) is 0.732. The summed E-state index contributed by atoms with van der Waals surface area (Å²) in [6.45, 7) is 0. The van der Waals surface area contributed by atoms with Gasteiger partial charge in [-0.25, -0.2) is 4.39 Å². The zero-order valence-corrected chi connectivity index (χ0v) is 8.95. The van der Waals surface area contributed by atoms with Gasteiger partial charge in [0, 0.05) is 18.9 Å². The first kappa shape index (κ1) is 10.2. The summed E-state index contributed by atoms with van der Waals surface area (Å²) in [7, 11) is 0. The van der Waals surface area contributed by atoms with E-state index in [1.807, 2.05) is 0 Å². The van der Waals surface area contributed by atoms with Gasteiger partial charge in [0.2, 0.25) is 0 Å². The van der Waals surface area contributed by atoms with Crippen LogP contribution in [0.25, 0.3) is 0 Å². The number of hydrogen-bond donors (Lipinski definition) is 1. The van der Waals surface area contributed by atoms with Gasteiger partial charge >= 0.3 is 0 Å². The molecule has 14 heavy (non-hydrogen) atoms. The van der Waals surface area contributed by atoms with Gasteiger partial charge in [-0.2, -0.15) is 0 Å². The van der Waals surface area contributed by atoms with E-state index < -0.39 is 5.67 Å². The van der Waals surface area contributed by atoms with Crippen LogP contribution in [-0.4, -0.2) is 6.04 Å². The Morgan fingerprint density at radius 3 is 2.43 bits per heavy atom. The molecule has 0 spiro atoms. The van der Waals surface area contributed by atoms with Gasteiger partial charge in [-0.1, -0.05) is 29.3 Å². The van der Waals surface area contributed by atoms with Crippen molar-refractivity contribution in [3.8, 4) is 0 Å². The minimum Gasteiger partial charge on any atom is -0.327 e. The lowest BCUT2D eigenvalue weighted by atomic mass is 9.73. The quantitative estimate of drug-likeness (QED) is 0.792. The molecule has 1 aromatic rings. The molecule has 0 amide bonds. The molecule has 1 nitrogen and oxygen atoms in total. The van der Waals surface area contributed by atoms with Gasteiger partial charge in [0.25, 0.3) is 0 Å². The van der Waals surface area contributed by atoms with Gasteiger partial charge in [0.05, 0.1) is 10.0 Å². The third kappa shape index (κ3) is 1.62. The summed E-state index contributed by atoms with van der Waals surface area (Å²) in [5, 5.41) is 0.837. The largest absolute Gasteiger partial charge is 0.327 e. The zero-order valence-electron chi connectivity index (χ0n) is 7.43. The fourth-order valence-electron chi connectivity index (χ4n) is 1.78. The van der Waals surface area contributed by atoms with E-state index in [1.165, 1.54) is 0 Å². The van der Waals surface area contributed by atoms with Gasteiger partial charge in [-0.05, 0) is 17.7 Å². The van der Waals surface area contributed by atoms with E-state index in [9.17, 15) is 4.39 Å². The van der Waals surface area contributed by atoms with E-state index in [4.69, 9.17) is 28.9 Å². The third-order valence-corrected chi connectivity index (χ3v) is 3.35. The smallest absolute Gasteiger partial charge is 0.139 e. The first-order chi connectivity index (χ1) is 6.51. The second kappa shape index (κ2) is 3.37. The van der Waals surface area contributed by atoms with Crippen LogP contribution in [0.15, 0.2) is 18.2 Å². The van der Waals surface area contributed by atoms with Gasteiger partial charge in [0.15, 0.2) is 0 Å². The molecule has 0 heterocycles. The Hall–Kier alpha value is -0.310. The summed E-state index contributed by atoms with van der Waals surface area (Å²) in [6, 6.07) is 4.83. The maximum absolute atomic E-state index is 14.0. The average Bonchev–Trinajstić information content (AvgIpc) is 2.07. The van der Waals surface area contributed by atoms with Crippen molar-refractivity contribution in [2.75, 3.05) is 0 Å². The Balaban J connectivity index is 2.29. The highest BCUT2D eigenvalue weighted by molar-refractivity contribution is 6.42. The predicted octanol–water partition coefficient (Wildman–Crippen LogP) is 3.28. The minimum atomic E-state index is -1.30. The maximum atomic E-state index is 14.0. The number of alkyl halides is 1. The molecular weight excluding hydrogens is 224 g/mol. The van der Waals surface area contributed by atoms with Crippen LogP contribution in [0.4, 0.5) is 4.39 Å². The highest BCUT2D eigenvalue weighted by atomic mass is 35.5. The molecule has 1 aliphatic carbocycles. The molecule has 4 heteroatoms. The SMILES string of the molecule is NC1CC(F)(c2ccc(Cl)c(Cl)c2)C1. The van der Waals surface area contributed by atoms with E-state index in [2.05, 4.69) is 0 Å². The van der Waals surface area contributed by atoms with Crippen molar-refractivity contribution < 1.29 is 4.39 Å². The van der Waals surface area contributed by atoms with E-state index in [0.29, 0.717) is 28.5 Å². The maximum Gasteiger partial charge on any atom is 0.139 e. The number of nitrogens with two attached hydrogens (primary N) is 1. The summed E-state index contributed by atoms with van der Waals surface area (Å²) in [5.74, 6) is 0. The van der Waals surface area contributed by atoms with E-state index in [1.54, 1.807) is 18.2 Å². The molecule has 1 fully saturated rings. The molecule has 0 aliphatic heterocycles. The normalized spacial score (nSPS) is 31.3. The van der Waals surface area contributed by atoms with Gasteiger partial charge in [-0.3, -0.25) is 0 Å². The Kier molecular flexibility index (Phi) is 2.46. The summed E-state index contributed by atoms with van der Waals surface area (Å²) in [4.78, 5) is 0. The molecule has 2 N–H and O–H groups in total. The lowest BCUT2D eigenvalue weighted by Gasteiger charge is -2.39. The van der Waals surface area contributed by atoms with Crippen molar-refractivity contribution in [2.45, 2.75) is 24.6 Å². The minimum absolute atomic E-state index is 0.0329.